The van der Waals surface area contributed by atoms with Gasteiger partial charge in [-0.05, 0) is 41.0 Å². The molecule has 2 atom stereocenters. The topological polar surface area (TPSA) is 66.4 Å². The van der Waals surface area contributed by atoms with Crippen molar-refractivity contribution < 1.29 is 14.7 Å². The average Bonchev–Trinajstić information content (AvgIpc) is 3.45. The highest BCUT2D eigenvalue weighted by molar-refractivity contribution is 5.89. The van der Waals surface area contributed by atoms with Gasteiger partial charge in [0.2, 0.25) is 5.91 Å². The highest BCUT2D eigenvalue weighted by Gasteiger charge is 2.65. The van der Waals surface area contributed by atoms with E-state index in [0.29, 0.717) is 0 Å². The van der Waals surface area contributed by atoms with Crippen LogP contribution in [0.2, 0.25) is 0 Å². The Morgan fingerprint density at radius 1 is 1.17 bits per heavy atom. The monoisotopic (exact) mass is 309 g/mol. The molecule has 2 saturated carbocycles. The van der Waals surface area contributed by atoms with Crippen LogP contribution >= 0.6 is 0 Å². The van der Waals surface area contributed by atoms with E-state index in [2.05, 4.69) is 5.32 Å². The molecular weight excluding hydrogens is 290 g/mol. The Morgan fingerprint density at radius 2 is 1.91 bits per heavy atom. The van der Waals surface area contributed by atoms with Gasteiger partial charge in [0, 0.05) is 5.92 Å². The van der Waals surface area contributed by atoms with Crippen LogP contribution in [0.25, 0.3) is 10.8 Å². The number of amides is 1. The molecule has 4 heteroatoms. The zero-order valence-corrected chi connectivity index (χ0v) is 12.8. The fourth-order valence-corrected chi connectivity index (χ4v) is 3.67. The van der Waals surface area contributed by atoms with E-state index in [0.717, 1.165) is 35.6 Å². The fourth-order valence-electron chi connectivity index (χ4n) is 3.67. The summed E-state index contributed by atoms with van der Waals surface area (Å²) in [5, 5.41) is 14.3. The molecule has 4 rings (SSSR count). The van der Waals surface area contributed by atoms with Crippen LogP contribution in [0.1, 0.15) is 37.3 Å². The molecule has 0 aromatic heterocycles. The number of aliphatic carboxylic acids is 1. The molecule has 118 valence electrons. The molecule has 0 radical (unpaired) electrons. The van der Waals surface area contributed by atoms with Crippen LogP contribution in [-0.4, -0.2) is 17.0 Å². The van der Waals surface area contributed by atoms with Gasteiger partial charge < -0.3 is 10.4 Å². The number of carboxylic acids is 1. The molecule has 2 N–H and O–H groups in total. The molecule has 23 heavy (non-hydrogen) atoms. The van der Waals surface area contributed by atoms with Gasteiger partial charge in [-0.25, -0.2) is 0 Å². The summed E-state index contributed by atoms with van der Waals surface area (Å²) in [7, 11) is 0. The first-order valence-corrected chi connectivity index (χ1v) is 8.09. The normalized spacial score (nSPS) is 21.8. The third kappa shape index (κ3) is 2.58. The lowest BCUT2D eigenvalue weighted by molar-refractivity contribution is -0.137. The van der Waals surface area contributed by atoms with E-state index in [9.17, 15) is 14.7 Å². The van der Waals surface area contributed by atoms with Crippen molar-refractivity contribution in [1.29, 1.82) is 0 Å². The molecule has 2 aromatic carbocycles. The van der Waals surface area contributed by atoms with Crippen LogP contribution < -0.4 is 5.32 Å². The Kier molecular flexibility index (Phi) is 3.15. The molecule has 2 aromatic rings. The summed E-state index contributed by atoms with van der Waals surface area (Å²) < 4.78 is 0. The lowest BCUT2D eigenvalue weighted by atomic mass is 9.96. The van der Waals surface area contributed by atoms with E-state index >= 15 is 0 Å². The highest BCUT2D eigenvalue weighted by atomic mass is 16.4. The van der Waals surface area contributed by atoms with Crippen molar-refractivity contribution in [2.45, 2.75) is 31.7 Å². The molecule has 2 aliphatic carbocycles. The van der Waals surface area contributed by atoms with E-state index in [1.165, 1.54) is 0 Å². The van der Waals surface area contributed by atoms with Gasteiger partial charge in [-0.3, -0.25) is 9.59 Å². The standard InChI is InChI=1S/C19H19NO3/c21-17(22)10-16(20-18(23)15-11-19(15)8-9-19)14-7-3-5-12-4-1-2-6-13(12)14/h1-7,15-16H,8-11H2,(H,20,23)(H,21,22)/t15?,16-/m1/s1. The Hall–Kier alpha value is -2.36. The zero-order valence-electron chi connectivity index (χ0n) is 12.8. The summed E-state index contributed by atoms with van der Waals surface area (Å²) in [5.41, 5.74) is 1.15. The van der Waals surface area contributed by atoms with Crippen LogP contribution in [0.5, 0.6) is 0 Å². The number of carbonyl (C=O) groups excluding carboxylic acids is 1. The summed E-state index contributed by atoms with van der Waals surface area (Å²) in [6, 6.07) is 13.2. The van der Waals surface area contributed by atoms with Crippen molar-refractivity contribution in [1.82, 2.24) is 5.32 Å². The molecule has 0 bridgehead atoms. The predicted octanol–water partition coefficient (Wildman–Crippen LogP) is 3.27. The van der Waals surface area contributed by atoms with Crippen LogP contribution in [0, 0.1) is 11.3 Å². The molecule has 1 amide bonds. The van der Waals surface area contributed by atoms with Crippen molar-refractivity contribution in [2.24, 2.45) is 11.3 Å². The lowest BCUT2D eigenvalue weighted by Gasteiger charge is -2.19. The first-order valence-electron chi connectivity index (χ1n) is 8.09. The Labute approximate surface area is 134 Å². The molecule has 1 spiro atoms. The number of benzene rings is 2. The SMILES string of the molecule is O=C(O)C[C@@H](NC(=O)C1CC12CC2)c1cccc2ccccc12. The smallest absolute Gasteiger partial charge is 0.305 e. The maximum Gasteiger partial charge on any atom is 0.305 e. The molecule has 4 nitrogen and oxygen atoms in total. The summed E-state index contributed by atoms with van der Waals surface area (Å²) in [4.78, 5) is 23.7. The molecule has 1 unspecified atom stereocenters. The maximum absolute atomic E-state index is 12.5. The Balaban J connectivity index is 1.64. The van der Waals surface area contributed by atoms with E-state index in [1.54, 1.807) is 0 Å². The van der Waals surface area contributed by atoms with Crippen molar-refractivity contribution in [3.63, 3.8) is 0 Å². The highest BCUT2D eigenvalue weighted by Crippen LogP contribution is 2.70. The summed E-state index contributed by atoms with van der Waals surface area (Å²) >= 11 is 0. The molecule has 0 aliphatic heterocycles. The van der Waals surface area contributed by atoms with E-state index in [-0.39, 0.29) is 23.7 Å². The average molecular weight is 309 g/mol. The van der Waals surface area contributed by atoms with Crippen LogP contribution in [0.4, 0.5) is 0 Å². The Morgan fingerprint density at radius 3 is 2.61 bits per heavy atom. The molecule has 2 fully saturated rings. The number of nitrogens with one attached hydrogen (secondary N) is 1. The second-order valence-corrected chi connectivity index (χ2v) is 6.85. The van der Waals surface area contributed by atoms with Crippen molar-refractivity contribution in [3.05, 3.63) is 48.0 Å². The number of hydrogen-bond donors (Lipinski definition) is 2. The van der Waals surface area contributed by atoms with Crippen LogP contribution in [0.15, 0.2) is 42.5 Å². The van der Waals surface area contributed by atoms with Crippen molar-refractivity contribution in [2.75, 3.05) is 0 Å². The van der Waals surface area contributed by atoms with Gasteiger partial charge in [0.05, 0.1) is 12.5 Å². The Bertz CT molecular complexity index is 789. The largest absolute Gasteiger partial charge is 0.481 e. The summed E-state index contributed by atoms with van der Waals surface area (Å²) in [6.45, 7) is 0. The van der Waals surface area contributed by atoms with E-state index in [4.69, 9.17) is 0 Å². The van der Waals surface area contributed by atoms with Gasteiger partial charge in [-0.15, -0.1) is 0 Å². The fraction of sp³-hybridized carbons (Fsp3) is 0.368. The van der Waals surface area contributed by atoms with Gasteiger partial charge in [-0.1, -0.05) is 42.5 Å². The minimum atomic E-state index is -0.903. The summed E-state index contributed by atoms with van der Waals surface area (Å²) in [6.07, 6.45) is 3.15. The quantitative estimate of drug-likeness (QED) is 0.891. The van der Waals surface area contributed by atoms with Crippen molar-refractivity contribution in [3.8, 4) is 0 Å². The molecular formula is C19H19NO3. The number of hydrogen-bond acceptors (Lipinski definition) is 2. The first kappa shape index (κ1) is 14.2. The second-order valence-electron chi connectivity index (χ2n) is 6.85. The first-order chi connectivity index (χ1) is 11.1. The lowest BCUT2D eigenvalue weighted by Crippen LogP contribution is -2.32. The summed E-state index contributed by atoms with van der Waals surface area (Å²) in [5.74, 6) is -0.796. The van der Waals surface area contributed by atoms with E-state index in [1.807, 2.05) is 42.5 Å². The number of rotatable bonds is 5. The number of fused-ring (bicyclic) bond motifs is 1. The number of carboxylic acid groups (broad SMARTS) is 1. The molecule has 2 aliphatic rings. The van der Waals surface area contributed by atoms with Gasteiger partial charge in [0.15, 0.2) is 0 Å². The third-order valence-electron chi connectivity index (χ3n) is 5.29. The predicted molar refractivity (Wildman–Crippen MR) is 86.9 cm³/mol. The third-order valence-corrected chi connectivity index (χ3v) is 5.29. The minimum absolute atomic E-state index is 0.0154. The molecule has 0 heterocycles. The van der Waals surface area contributed by atoms with Crippen molar-refractivity contribution >= 4 is 22.6 Å². The van der Waals surface area contributed by atoms with E-state index < -0.39 is 12.0 Å². The molecule has 0 saturated heterocycles. The maximum atomic E-state index is 12.5. The van der Waals surface area contributed by atoms with Gasteiger partial charge in [0.1, 0.15) is 0 Å². The van der Waals surface area contributed by atoms with Gasteiger partial charge >= 0.3 is 5.97 Å². The van der Waals surface area contributed by atoms with Crippen LogP contribution in [0.3, 0.4) is 0 Å². The number of carbonyl (C=O) groups is 2. The van der Waals surface area contributed by atoms with Crippen LogP contribution in [-0.2, 0) is 9.59 Å². The zero-order chi connectivity index (χ0) is 16.0. The van der Waals surface area contributed by atoms with Gasteiger partial charge in [0.25, 0.3) is 0 Å². The van der Waals surface area contributed by atoms with Gasteiger partial charge in [-0.2, -0.15) is 0 Å². The minimum Gasteiger partial charge on any atom is -0.481 e. The second kappa shape index (κ2) is 5.08.